The minimum Gasteiger partial charge on any atom is -0.348 e. The van der Waals surface area contributed by atoms with Gasteiger partial charge in [-0.2, -0.15) is 0 Å². The predicted octanol–water partition coefficient (Wildman–Crippen LogP) is 2.05. The molecular weight excluding hydrogens is 254 g/mol. The standard InChI is InChI=1S/C12H12F2N4O/c13-8-1-2-11(10(14)5-8)18-12(19)16-4-3-9-6-15-7-17-9/h1-2,5-7H,3-4H2,(H,15,17)(H2,16,18,19). The number of nitrogens with zero attached hydrogens (tertiary/aromatic N) is 1. The molecular formula is C12H12F2N4O. The van der Waals surface area contributed by atoms with E-state index in [0.29, 0.717) is 19.0 Å². The van der Waals surface area contributed by atoms with Crippen LogP contribution in [0.3, 0.4) is 0 Å². The molecule has 0 fully saturated rings. The van der Waals surface area contributed by atoms with Crippen molar-refractivity contribution in [3.63, 3.8) is 0 Å². The van der Waals surface area contributed by atoms with Crippen LogP contribution in [0, 0.1) is 11.6 Å². The summed E-state index contributed by atoms with van der Waals surface area (Å²) in [4.78, 5) is 18.2. The first kappa shape index (κ1) is 13.0. The van der Waals surface area contributed by atoms with Crippen molar-refractivity contribution in [3.8, 4) is 0 Å². The van der Waals surface area contributed by atoms with Gasteiger partial charge < -0.3 is 15.6 Å². The summed E-state index contributed by atoms with van der Waals surface area (Å²) in [7, 11) is 0. The van der Waals surface area contributed by atoms with Crippen LogP contribution in [0.2, 0.25) is 0 Å². The normalized spacial score (nSPS) is 10.2. The number of nitrogens with one attached hydrogen (secondary N) is 3. The Morgan fingerprint density at radius 2 is 2.21 bits per heavy atom. The van der Waals surface area contributed by atoms with E-state index in [9.17, 15) is 13.6 Å². The summed E-state index contributed by atoms with van der Waals surface area (Å²) in [6.45, 7) is 0.372. The quantitative estimate of drug-likeness (QED) is 0.792. The average molecular weight is 266 g/mol. The summed E-state index contributed by atoms with van der Waals surface area (Å²) in [6.07, 6.45) is 3.78. The second-order valence-electron chi connectivity index (χ2n) is 3.83. The topological polar surface area (TPSA) is 69.8 Å². The van der Waals surface area contributed by atoms with Gasteiger partial charge in [0.05, 0.1) is 12.0 Å². The minimum absolute atomic E-state index is 0.0690. The number of halogens is 2. The summed E-state index contributed by atoms with van der Waals surface area (Å²) in [5.74, 6) is -1.51. The van der Waals surface area contributed by atoms with Crippen molar-refractivity contribution in [3.05, 3.63) is 48.1 Å². The van der Waals surface area contributed by atoms with Gasteiger partial charge in [0.1, 0.15) is 11.6 Å². The van der Waals surface area contributed by atoms with Crippen LogP contribution in [0.4, 0.5) is 19.3 Å². The van der Waals surface area contributed by atoms with E-state index in [-0.39, 0.29) is 5.69 Å². The minimum atomic E-state index is -0.816. The largest absolute Gasteiger partial charge is 0.348 e. The molecule has 100 valence electrons. The number of urea groups is 1. The number of amides is 2. The summed E-state index contributed by atoms with van der Waals surface area (Å²) in [5, 5.41) is 4.85. The van der Waals surface area contributed by atoms with Gasteiger partial charge in [-0.25, -0.2) is 18.6 Å². The molecule has 2 amide bonds. The van der Waals surface area contributed by atoms with Crippen molar-refractivity contribution in [1.82, 2.24) is 15.3 Å². The first-order chi connectivity index (χ1) is 9.15. The zero-order valence-electron chi connectivity index (χ0n) is 9.91. The lowest BCUT2D eigenvalue weighted by atomic mass is 10.3. The zero-order chi connectivity index (χ0) is 13.7. The molecule has 19 heavy (non-hydrogen) atoms. The highest BCUT2D eigenvalue weighted by molar-refractivity contribution is 5.89. The molecule has 0 radical (unpaired) electrons. The Labute approximate surface area is 108 Å². The maximum absolute atomic E-state index is 13.3. The summed E-state index contributed by atoms with van der Waals surface area (Å²) >= 11 is 0. The highest BCUT2D eigenvalue weighted by Gasteiger charge is 2.07. The predicted molar refractivity (Wildman–Crippen MR) is 65.7 cm³/mol. The van der Waals surface area contributed by atoms with E-state index in [0.717, 1.165) is 11.8 Å². The van der Waals surface area contributed by atoms with Crippen LogP contribution >= 0.6 is 0 Å². The van der Waals surface area contributed by atoms with E-state index >= 15 is 0 Å². The Morgan fingerprint density at radius 3 is 2.89 bits per heavy atom. The Hall–Kier alpha value is -2.44. The lowest BCUT2D eigenvalue weighted by molar-refractivity contribution is 0.252. The van der Waals surface area contributed by atoms with Gasteiger partial charge in [0, 0.05) is 30.9 Å². The van der Waals surface area contributed by atoms with E-state index in [1.807, 2.05) is 0 Å². The third-order valence-electron chi connectivity index (χ3n) is 2.41. The highest BCUT2D eigenvalue weighted by Crippen LogP contribution is 2.14. The van der Waals surface area contributed by atoms with Gasteiger partial charge in [0.15, 0.2) is 0 Å². The number of hydrogen-bond donors (Lipinski definition) is 3. The number of H-pyrrole nitrogens is 1. The van der Waals surface area contributed by atoms with Crippen LogP contribution in [0.1, 0.15) is 5.69 Å². The molecule has 1 heterocycles. The number of anilines is 1. The van der Waals surface area contributed by atoms with Crippen molar-refractivity contribution in [2.75, 3.05) is 11.9 Å². The monoisotopic (exact) mass is 266 g/mol. The van der Waals surface area contributed by atoms with Crippen molar-refractivity contribution in [2.24, 2.45) is 0 Å². The number of aromatic amines is 1. The molecule has 0 aliphatic rings. The van der Waals surface area contributed by atoms with Crippen LogP contribution in [-0.2, 0) is 6.42 Å². The van der Waals surface area contributed by atoms with Crippen molar-refractivity contribution in [1.29, 1.82) is 0 Å². The molecule has 0 aliphatic heterocycles. The second kappa shape index (κ2) is 5.94. The number of rotatable bonds is 4. The molecule has 2 rings (SSSR count). The maximum atomic E-state index is 13.3. The number of hydrogen-bond acceptors (Lipinski definition) is 2. The molecule has 2 aromatic rings. The van der Waals surface area contributed by atoms with Crippen LogP contribution in [0.25, 0.3) is 0 Å². The van der Waals surface area contributed by atoms with E-state index in [2.05, 4.69) is 20.6 Å². The Bertz CT molecular complexity index is 557. The molecule has 7 heteroatoms. The molecule has 0 bridgehead atoms. The van der Waals surface area contributed by atoms with E-state index in [4.69, 9.17) is 0 Å². The molecule has 0 spiro atoms. The van der Waals surface area contributed by atoms with Gasteiger partial charge >= 0.3 is 6.03 Å². The number of aromatic nitrogens is 2. The summed E-state index contributed by atoms with van der Waals surface area (Å²) in [6, 6.07) is 2.40. The SMILES string of the molecule is O=C(NCCc1cnc[nH]1)Nc1ccc(F)cc1F. The number of carbonyl (C=O) groups excluding carboxylic acids is 1. The second-order valence-corrected chi connectivity index (χ2v) is 3.83. The fourth-order valence-electron chi connectivity index (χ4n) is 1.49. The first-order valence-electron chi connectivity index (χ1n) is 5.62. The maximum Gasteiger partial charge on any atom is 0.319 e. The van der Waals surface area contributed by atoms with E-state index in [1.54, 1.807) is 12.5 Å². The number of benzene rings is 1. The van der Waals surface area contributed by atoms with Crippen LogP contribution in [0.5, 0.6) is 0 Å². The first-order valence-corrected chi connectivity index (χ1v) is 5.62. The lowest BCUT2D eigenvalue weighted by Crippen LogP contribution is -2.30. The third-order valence-corrected chi connectivity index (χ3v) is 2.41. The molecule has 1 aromatic carbocycles. The lowest BCUT2D eigenvalue weighted by Gasteiger charge is -2.07. The molecule has 3 N–H and O–H groups in total. The summed E-state index contributed by atoms with van der Waals surface area (Å²) < 4.78 is 25.9. The fourth-order valence-corrected chi connectivity index (χ4v) is 1.49. The Kier molecular flexibility index (Phi) is 4.07. The van der Waals surface area contributed by atoms with Gasteiger partial charge in [-0.05, 0) is 12.1 Å². The van der Waals surface area contributed by atoms with Crippen molar-refractivity contribution >= 4 is 11.7 Å². The fraction of sp³-hybridized carbons (Fsp3) is 0.167. The van der Waals surface area contributed by atoms with Gasteiger partial charge in [-0.1, -0.05) is 0 Å². The molecule has 1 aromatic heterocycles. The van der Waals surface area contributed by atoms with Crippen LogP contribution in [-0.4, -0.2) is 22.5 Å². The van der Waals surface area contributed by atoms with Gasteiger partial charge in [-0.3, -0.25) is 0 Å². The molecule has 0 saturated heterocycles. The number of carbonyl (C=O) groups is 1. The molecule has 0 atom stereocenters. The van der Waals surface area contributed by atoms with Gasteiger partial charge in [-0.15, -0.1) is 0 Å². The Balaban J connectivity index is 1.80. The van der Waals surface area contributed by atoms with E-state index in [1.165, 1.54) is 6.07 Å². The van der Waals surface area contributed by atoms with Crippen molar-refractivity contribution < 1.29 is 13.6 Å². The van der Waals surface area contributed by atoms with Crippen LogP contribution < -0.4 is 10.6 Å². The zero-order valence-corrected chi connectivity index (χ0v) is 9.91. The van der Waals surface area contributed by atoms with E-state index < -0.39 is 17.7 Å². The van der Waals surface area contributed by atoms with Crippen LogP contribution in [0.15, 0.2) is 30.7 Å². The highest BCUT2D eigenvalue weighted by atomic mass is 19.1. The molecule has 0 aliphatic carbocycles. The van der Waals surface area contributed by atoms with Gasteiger partial charge in [0.2, 0.25) is 0 Å². The van der Waals surface area contributed by atoms with Crippen molar-refractivity contribution in [2.45, 2.75) is 6.42 Å². The smallest absolute Gasteiger partial charge is 0.319 e. The molecule has 0 saturated carbocycles. The summed E-state index contributed by atoms with van der Waals surface area (Å²) in [5.41, 5.74) is 0.814. The third kappa shape index (κ3) is 3.77. The Morgan fingerprint density at radius 1 is 1.37 bits per heavy atom. The molecule has 0 unspecified atom stereocenters. The molecule has 5 nitrogen and oxygen atoms in total. The van der Waals surface area contributed by atoms with Gasteiger partial charge in [0.25, 0.3) is 0 Å². The number of imidazole rings is 1. The average Bonchev–Trinajstić information content (AvgIpc) is 2.86.